The summed E-state index contributed by atoms with van der Waals surface area (Å²) in [5.74, 6) is -0.427. The number of hydrogen-bond donors (Lipinski definition) is 1. The molecule has 4 rings (SSSR count). The van der Waals surface area contributed by atoms with Gasteiger partial charge in [-0.15, -0.1) is 0 Å². The molecule has 10 heteroatoms. The summed E-state index contributed by atoms with van der Waals surface area (Å²) in [5.41, 5.74) is 0.746. The van der Waals surface area contributed by atoms with Crippen molar-refractivity contribution >= 4 is 33.3 Å². The molecule has 1 fully saturated rings. The number of carbonyl (C=O) groups excluding carboxylic acids is 2. The number of sulfonamides is 1. The van der Waals surface area contributed by atoms with Crippen molar-refractivity contribution in [3.8, 4) is 0 Å². The summed E-state index contributed by atoms with van der Waals surface area (Å²) in [4.78, 5) is 31.6. The molecule has 0 unspecified atom stereocenters. The molecule has 1 aromatic carbocycles. The third-order valence-electron chi connectivity index (χ3n) is 5.03. The van der Waals surface area contributed by atoms with Crippen LogP contribution in [0.5, 0.6) is 0 Å². The molecule has 2 aliphatic rings. The van der Waals surface area contributed by atoms with Crippen molar-refractivity contribution in [2.75, 3.05) is 36.5 Å². The maximum absolute atomic E-state index is 12.9. The van der Waals surface area contributed by atoms with Gasteiger partial charge in [-0.3, -0.25) is 9.59 Å². The van der Waals surface area contributed by atoms with Gasteiger partial charge in [-0.2, -0.15) is 0 Å². The quantitative estimate of drug-likeness (QED) is 0.787. The fourth-order valence-electron chi connectivity index (χ4n) is 3.62. The van der Waals surface area contributed by atoms with E-state index >= 15 is 0 Å². The number of fused-ring (bicyclic) bond motifs is 1. The third kappa shape index (κ3) is 3.41. The Morgan fingerprint density at radius 2 is 1.93 bits per heavy atom. The van der Waals surface area contributed by atoms with Crippen LogP contribution < -0.4 is 10.2 Å². The Morgan fingerprint density at radius 1 is 1.20 bits per heavy atom. The van der Waals surface area contributed by atoms with Crippen molar-refractivity contribution in [3.63, 3.8) is 0 Å². The number of morpholine rings is 1. The second-order valence-corrected chi connectivity index (χ2v) is 9.12. The summed E-state index contributed by atoms with van der Waals surface area (Å²) in [5, 5.41) is 2.81. The number of nitrogens with one attached hydrogen (secondary N) is 1. The van der Waals surface area contributed by atoms with Crippen LogP contribution >= 0.6 is 0 Å². The van der Waals surface area contributed by atoms with Crippen LogP contribution in [0.15, 0.2) is 41.4 Å². The maximum atomic E-state index is 12.9. The molecule has 0 saturated carbocycles. The van der Waals surface area contributed by atoms with Gasteiger partial charge >= 0.3 is 0 Å². The lowest BCUT2D eigenvalue weighted by Gasteiger charge is -2.29. The van der Waals surface area contributed by atoms with E-state index in [4.69, 9.17) is 4.74 Å². The van der Waals surface area contributed by atoms with Crippen molar-refractivity contribution in [1.82, 2.24) is 9.29 Å². The average molecular weight is 430 g/mol. The minimum absolute atomic E-state index is 0.0793. The van der Waals surface area contributed by atoms with Crippen LogP contribution in [0.3, 0.4) is 0 Å². The van der Waals surface area contributed by atoms with Gasteiger partial charge in [0.25, 0.3) is 21.8 Å². The number of ether oxygens (including phenoxy) is 1. The summed E-state index contributed by atoms with van der Waals surface area (Å²) in [6.45, 7) is 5.73. The zero-order valence-corrected chi connectivity index (χ0v) is 17.5. The zero-order valence-electron chi connectivity index (χ0n) is 16.7. The number of rotatable bonds is 4. The molecule has 0 spiro atoms. The van der Waals surface area contributed by atoms with Crippen LogP contribution in [0.4, 0.5) is 11.5 Å². The molecule has 2 amide bonds. The summed E-state index contributed by atoms with van der Waals surface area (Å²) in [7, 11) is -3.98. The molecule has 30 heavy (non-hydrogen) atoms. The number of pyridine rings is 1. The number of hydrogen-bond acceptors (Lipinski definition) is 7. The first-order chi connectivity index (χ1) is 14.3. The van der Waals surface area contributed by atoms with Gasteiger partial charge in [-0.25, -0.2) is 17.7 Å². The Labute approximate surface area is 174 Å². The minimum atomic E-state index is -3.98. The fraction of sp³-hybridized carbons (Fsp3) is 0.350. The van der Waals surface area contributed by atoms with Gasteiger partial charge in [0, 0.05) is 30.9 Å². The number of aromatic nitrogens is 1. The molecular weight excluding hydrogens is 408 g/mol. The third-order valence-corrected chi connectivity index (χ3v) is 7.02. The predicted octanol–water partition coefficient (Wildman–Crippen LogP) is 1.72. The molecule has 0 aliphatic carbocycles. The lowest BCUT2D eigenvalue weighted by atomic mass is 10.1. The largest absolute Gasteiger partial charge is 0.378 e. The molecule has 0 atom stereocenters. The smallest absolute Gasteiger partial charge is 0.269 e. The van der Waals surface area contributed by atoms with E-state index in [0.29, 0.717) is 37.8 Å². The van der Waals surface area contributed by atoms with Gasteiger partial charge in [-0.1, -0.05) is 0 Å². The lowest BCUT2D eigenvalue weighted by molar-refractivity contribution is 0.0846. The van der Waals surface area contributed by atoms with E-state index in [0.717, 1.165) is 4.31 Å². The van der Waals surface area contributed by atoms with Crippen LogP contribution in [0.2, 0.25) is 0 Å². The highest BCUT2D eigenvalue weighted by Crippen LogP contribution is 2.33. The Kier molecular flexibility index (Phi) is 5.20. The first-order valence-electron chi connectivity index (χ1n) is 9.62. The van der Waals surface area contributed by atoms with Crippen LogP contribution in [0, 0.1) is 0 Å². The van der Waals surface area contributed by atoms with Crippen molar-refractivity contribution in [2.45, 2.75) is 24.8 Å². The first-order valence-corrected chi connectivity index (χ1v) is 11.1. The van der Waals surface area contributed by atoms with Gasteiger partial charge < -0.3 is 15.0 Å². The maximum Gasteiger partial charge on any atom is 0.269 e. The van der Waals surface area contributed by atoms with Crippen LogP contribution in [-0.2, 0) is 14.8 Å². The number of nitrogens with zero attached hydrogens (tertiary/aromatic N) is 3. The normalized spacial score (nSPS) is 17.9. The molecule has 1 saturated heterocycles. The number of benzene rings is 1. The minimum Gasteiger partial charge on any atom is -0.378 e. The Hall–Kier alpha value is -2.98. The van der Waals surface area contributed by atoms with E-state index < -0.39 is 27.9 Å². The topological polar surface area (TPSA) is 109 Å². The summed E-state index contributed by atoms with van der Waals surface area (Å²) in [6.07, 6.45) is 1.65. The summed E-state index contributed by atoms with van der Waals surface area (Å²) in [6, 6.07) is 7.04. The average Bonchev–Trinajstić information content (AvgIpc) is 2.94. The number of anilines is 2. The first kappa shape index (κ1) is 20.3. The Balaban J connectivity index is 1.63. The van der Waals surface area contributed by atoms with Crippen LogP contribution in [-0.4, -0.2) is 61.9 Å². The molecule has 1 aromatic heterocycles. The van der Waals surface area contributed by atoms with E-state index in [1.807, 2.05) is 4.90 Å². The Bertz CT molecular complexity index is 1110. The van der Waals surface area contributed by atoms with E-state index in [1.165, 1.54) is 18.2 Å². The molecule has 158 valence electrons. The standard InChI is InChI=1S/C20H22N4O5S/c1-13(2)24-20(26)15-6-5-14(12-17(15)30(24,27)28)19(25)22-16-4-3-7-21-18(16)23-8-10-29-11-9-23/h3-7,12-13H,8-11H2,1-2H3,(H,22,25). The highest BCUT2D eigenvalue weighted by Gasteiger charge is 2.43. The molecule has 1 N–H and O–H groups in total. The van der Waals surface area contributed by atoms with E-state index in [-0.39, 0.29) is 16.0 Å². The highest BCUT2D eigenvalue weighted by molar-refractivity contribution is 7.90. The molecule has 2 aliphatic heterocycles. The Morgan fingerprint density at radius 3 is 2.63 bits per heavy atom. The van der Waals surface area contributed by atoms with Gasteiger partial charge in [0.05, 0.1) is 24.5 Å². The van der Waals surface area contributed by atoms with Crippen LogP contribution in [0.1, 0.15) is 34.6 Å². The lowest BCUT2D eigenvalue weighted by Crippen LogP contribution is -2.37. The SMILES string of the molecule is CC(C)N1C(=O)c2ccc(C(=O)Nc3cccnc3N3CCOCC3)cc2S1(=O)=O. The molecule has 2 aromatic rings. The molecular formula is C20H22N4O5S. The molecule has 9 nitrogen and oxygen atoms in total. The van der Waals surface area contributed by atoms with Gasteiger partial charge in [0.1, 0.15) is 4.90 Å². The fourth-order valence-corrected chi connectivity index (χ4v) is 5.41. The summed E-state index contributed by atoms with van der Waals surface area (Å²) < 4.78 is 31.8. The predicted molar refractivity (Wildman–Crippen MR) is 110 cm³/mol. The van der Waals surface area contributed by atoms with E-state index in [2.05, 4.69) is 10.3 Å². The van der Waals surface area contributed by atoms with Gasteiger partial charge in [0.15, 0.2) is 5.82 Å². The van der Waals surface area contributed by atoms with Crippen molar-refractivity contribution in [1.29, 1.82) is 0 Å². The van der Waals surface area contributed by atoms with Crippen molar-refractivity contribution < 1.29 is 22.7 Å². The monoisotopic (exact) mass is 430 g/mol. The molecule has 0 radical (unpaired) electrons. The summed E-state index contributed by atoms with van der Waals surface area (Å²) >= 11 is 0. The van der Waals surface area contributed by atoms with E-state index in [9.17, 15) is 18.0 Å². The zero-order chi connectivity index (χ0) is 21.5. The molecule has 3 heterocycles. The second kappa shape index (κ2) is 7.69. The highest BCUT2D eigenvalue weighted by atomic mass is 32.2. The number of carbonyl (C=O) groups is 2. The second-order valence-electron chi connectivity index (χ2n) is 7.34. The van der Waals surface area contributed by atoms with Gasteiger partial charge in [-0.05, 0) is 44.2 Å². The molecule has 0 bridgehead atoms. The van der Waals surface area contributed by atoms with E-state index in [1.54, 1.807) is 32.2 Å². The van der Waals surface area contributed by atoms with Gasteiger partial charge in [0.2, 0.25) is 0 Å². The van der Waals surface area contributed by atoms with Crippen molar-refractivity contribution in [2.24, 2.45) is 0 Å². The van der Waals surface area contributed by atoms with Crippen LogP contribution in [0.25, 0.3) is 0 Å². The number of amides is 2. The van der Waals surface area contributed by atoms with Crippen molar-refractivity contribution in [3.05, 3.63) is 47.7 Å².